The molecule has 9 heteroatoms. The normalized spacial score (nSPS) is 11.3. The first-order chi connectivity index (χ1) is 9.44. The molecule has 0 bridgehead atoms. The van der Waals surface area contributed by atoms with Crippen LogP contribution in [0.3, 0.4) is 0 Å². The summed E-state index contributed by atoms with van der Waals surface area (Å²) in [7, 11) is -4.07. The van der Waals surface area contributed by atoms with Gasteiger partial charge in [0.25, 0.3) is 10.0 Å². The van der Waals surface area contributed by atoms with Crippen LogP contribution in [0.1, 0.15) is 5.56 Å². The minimum absolute atomic E-state index is 0.0268. The van der Waals surface area contributed by atoms with Gasteiger partial charge in [0.1, 0.15) is 5.82 Å². The molecule has 0 amide bonds. The summed E-state index contributed by atoms with van der Waals surface area (Å²) in [6.45, 7) is -0.582. The highest BCUT2D eigenvalue weighted by Crippen LogP contribution is 2.25. The lowest BCUT2D eigenvalue weighted by atomic mass is 10.2. The molecule has 0 aliphatic heterocycles. The van der Waals surface area contributed by atoms with Crippen molar-refractivity contribution in [2.24, 2.45) is 0 Å². The topological polar surface area (TPSA) is 92.2 Å². The van der Waals surface area contributed by atoms with E-state index in [2.05, 4.69) is 14.7 Å². The van der Waals surface area contributed by atoms with Crippen molar-refractivity contribution in [2.45, 2.75) is 11.5 Å². The molecule has 0 saturated heterocycles. The van der Waals surface area contributed by atoms with Gasteiger partial charge >= 0.3 is 0 Å². The first-order valence-corrected chi connectivity index (χ1v) is 7.19. The van der Waals surface area contributed by atoms with E-state index in [1.165, 1.54) is 18.5 Å². The molecule has 0 aliphatic carbocycles. The standard InChI is InChI=1S/C11H9ClFN3O3S/c12-10-7(6-17)4-8(5-9(10)13)20(18,19)16-11-14-2-1-3-15-11/h1-5,17H,6H2,(H,14,15,16). The van der Waals surface area contributed by atoms with Gasteiger partial charge in [-0.2, -0.15) is 0 Å². The highest BCUT2D eigenvalue weighted by Gasteiger charge is 2.19. The Hall–Kier alpha value is -1.77. The Morgan fingerprint density at radius 2 is 1.95 bits per heavy atom. The number of hydrogen-bond acceptors (Lipinski definition) is 5. The summed E-state index contributed by atoms with van der Waals surface area (Å²) in [5.41, 5.74) is -0.0268. The lowest BCUT2D eigenvalue weighted by Crippen LogP contribution is -2.15. The zero-order valence-corrected chi connectivity index (χ0v) is 11.5. The van der Waals surface area contributed by atoms with E-state index in [0.717, 1.165) is 12.1 Å². The van der Waals surface area contributed by atoms with E-state index in [4.69, 9.17) is 16.7 Å². The molecule has 0 spiro atoms. The molecule has 2 aromatic rings. The van der Waals surface area contributed by atoms with Crippen LogP contribution < -0.4 is 4.72 Å². The van der Waals surface area contributed by atoms with Crippen LogP contribution in [-0.4, -0.2) is 23.5 Å². The number of aliphatic hydroxyl groups is 1. The van der Waals surface area contributed by atoms with Crippen molar-refractivity contribution in [3.05, 3.63) is 47.0 Å². The third-order valence-corrected chi connectivity index (χ3v) is 4.08. The van der Waals surface area contributed by atoms with Gasteiger partial charge in [-0.25, -0.2) is 27.5 Å². The molecule has 0 fully saturated rings. The summed E-state index contributed by atoms with van der Waals surface area (Å²) in [4.78, 5) is 7.02. The van der Waals surface area contributed by atoms with Crippen LogP contribution in [0.2, 0.25) is 5.02 Å². The molecular formula is C11H9ClFN3O3S. The Kier molecular flexibility index (Phi) is 4.17. The quantitative estimate of drug-likeness (QED) is 0.893. The molecule has 1 aromatic carbocycles. The largest absolute Gasteiger partial charge is 0.392 e. The fourth-order valence-electron chi connectivity index (χ4n) is 1.42. The average Bonchev–Trinajstić information content (AvgIpc) is 2.42. The molecule has 20 heavy (non-hydrogen) atoms. The Labute approximate surface area is 119 Å². The number of rotatable bonds is 4. The van der Waals surface area contributed by atoms with Crippen LogP contribution in [-0.2, 0) is 16.6 Å². The van der Waals surface area contributed by atoms with Crippen LogP contribution in [0.5, 0.6) is 0 Å². The molecule has 1 aromatic heterocycles. The third kappa shape index (κ3) is 3.03. The SMILES string of the molecule is O=S(=O)(Nc1ncccn1)c1cc(F)c(Cl)c(CO)c1. The average molecular weight is 318 g/mol. The molecule has 0 radical (unpaired) electrons. The van der Waals surface area contributed by atoms with Crippen molar-refractivity contribution in [3.8, 4) is 0 Å². The minimum atomic E-state index is -4.07. The fraction of sp³-hybridized carbons (Fsp3) is 0.0909. The first kappa shape index (κ1) is 14.6. The number of sulfonamides is 1. The van der Waals surface area contributed by atoms with Crippen molar-refractivity contribution in [1.29, 1.82) is 0 Å². The van der Waals surface area contributed by atoms with Crippen molar-refractivity contribution in [3.63, 3.8) is 0 Å². The Morgan fingerprint density at radius 1 is 1.30 bits per heavy atom. The number of nitrogens with zero attached hydrogens (tertiary/aromatic N) is 2. The number of halogens is 2. The second-order valence-electron chi connectivity index (χ2n) is 3.71. The number of aromatic nitrogens is 2. The molecular weight excluding hydrogens is 309 g/mol. The Morgan fingerprint density at radius 3 is 2.55 bits per heavy atom. The zero-order valence-electron chi connectivity index (χ0n) is 9.92. The van der Waals surface area contributed by atoms with Gasteiger partial charge in [-0.15, -0.1) is 0 Å². The van der Waals surface area contributed by atoms with E-state index < -0.39 is 22.4 Å². The lowest BCUT2D eigenvalue weighted by molar-refractivity contribution is 0.281. The summed E-state index contributed by atoms with van der Waals surface area (Å²) >= 11 is 5.60. The van der Waals surface area contributed by atoms with Crippen molar-refractivity contribution in [1.82, 2.24) is 9.97 Å². The van der Waals surface area contributed by atoms with Crippen LogP contribution in [0, 0.1) is 5.82 Å². The summed E-state index contributed by atoms with van der Waals surface area (Å²) in [6.07, 6.45) is 2.71. The minimum Gasteiger partial charge on any atom is -0.392 e. The third-order valence-electron chi connectivity index (χ3n) is 2.35. The van der Waals surface area contributed by atoms with Gasteiger partial charge in [-0.3, -0.25) is 0 Å². The summed E-state index contributed by atoms with van der Waals surface area (Å²) in [5.74, 6) is -1.08. The van der Waals surface area contributed by atoms with Crippen LogP contribution >= 0.6 is 11.6 Å². The van der Waals surface area contributed by atoms with E-state index in [0.29, 0.717) is 0 Å². The number of hydrogen-bond donors (Lipinski definition) is 2. The number of anilines is 1. The zero-order chi connectivity index (χ0) is 14.8. The molecule has 0 unspecified atom stereocenters. The molecule has 0 aliphatic rings. The number of nitrogens with one attached hydrogen (secondary N) is 1. The van der Waals surface area contributed by atoms with E-state index in [9.17, 15) is 12.8 Å². The first-order valence-electron chi connectivity index (χ1n) is 5.32. The van der Waals surface area contributed by atoms with Gasteiger partial charge in [0.15, 0.2) is 0 Å². The summed E-state index contributed by atoms with van der Waals surface area (Å²) in [5, 5.41) is 8.71. The molecule has 0 atom stereocenters. The fourth-order valence-corrected chi connectivity index (χ4v) is 2.61. The van der Waals surface area contributed by atoms with Crippen LogP contribution in [0.4, 0.5) is 10.3 Å². The van der Waals surface area contributed by atoms with Crippen LogP contribution in [0.15, 0.2) is 35.5 Å². The maximum atomic E-state index is 13.5. The van der Waals surface area contributed by atoms with Gasteiger partial charge in [-0.05, 0) is 18.2 Å². The number of benzene rings is 1. The Bertz CT molecular complexity index is 725. The molecule has 106 valence electrons. The molecule has 0 saturated carbocycles. The lowest BCUT2D eigenvalue weighted by Gasteiger charge is -2.09. The van der Waals surface area contributed by atoms with Crippen molar-refractivity contribution in [2.75, 3.05) is 4.72 Å². The molecule has 2 N–H and O–H groups in total. The second-order valence-corrected chi connectivity index (χ2v) is 5.77. The predicted molar refractivity (Wildman–Crippen MR) is 70.2 cm³/mol. The summed E-state index contributed by atoms with van der Waals surface area (Å²) < 4.78 is 39.7. The molecule has 6 nitrogen and oxygen atoms in total. The van der Waals surface area contributed by atoms with E-state index >= 15 is 0 Å². The van der Waals surface area contributed by atoms with Gasteiger partial charge in [0.2, 0.25) is 5.95 Å². The van der Waals surface area contributed by atoms with Gasteiger partial charge in [-0.1, -0.05) is 11.6 Å². The maximum Gasteiger partial charge on any atom is 0.264 e. The van der Waals surface area contributed by atoms with E-state index in [1.807, 2.05) is 0 Å². The van der Waals surface area contributed by atoms with E-state index in [-0.39, 0.29) is 21.4 Å². The van der Waals surface area contributed by atoms with Gasteiger partial charge < -0.3 is 5.11 Å². The monoisotopic (exact) mass is 317 g/mol. The highest BCUT2D eigenvalue weighted by atomic mass is 35.5. The van der Waals surface area contributed by atoms with Crippen LogP contribution in [0.25, 0.3) is 0 Å². The molecule has 2 rings (SSSR count). The number of aliphatic hydroxyl groups excluding tert-OH is 1. The second kappa shape index (κ2) is 5.70. The summed E-state index contributed by atoms with van der Waals surface area (Å²) in [6, 6.07) is 3.35. The Balaban J connectivity index is 2.42. The maximum absolute atomic E-state index is 13.5. The van der Waals surface area contributed by atoms with Gasteiger partial charge in [0, 0.05) is 18.0 Å². The highest BCUT2D eigenvalue weighted by molar-refractivity contribution is 7.92. The molecule has 1 heterocycles. The van der Waals surface area contributed by atoms with Crippen molar-refractivity contribution < 1.29 is 17.9 Å². The smallest absolute Gasteiger partial charge is 0.264 e. The van der Waals surface area contributed by atoms with Crippen molar-refractivity contribution >= 4 is 27.6 Å². The predicted octanol–water partition coefficient (Wildman–Crippen LogP) is 1.56. The van der Waals surface area contributed by atoms with Gasteiger partial charge in [0.05, 0.1) is 16.5 Å². The van der Waals surface area contributed by atoms with E-state index in [1.54, 1.807) is 0 Å².